The van der Waals surface area contributed by atoms with Crippen molar-refractivity contribution in [2.45, 2.75) is 25.6 Å². The number of rotatable bonds is 7. The first-order valence-corrected chi connectivity index (χ1v) is 5.68. The van der Waals surface area contributed by atoms with Crippen molar-refractivity contribution in [1.29, 1.82) is 0 Å². The van der Waals surface area contributed by atoms with Gasteiger partial charge in [-0.3, -0.25) is 4.79 Å². The third-order valence-corrected chi connectivity index (χ3v) is 2.21. The summed E-state index contributed by atoms with van der Waals surface area (Å²) in [6.45, 7) is 0.489. The van der Waals surface area contributed by atoms with Gasteiger partial charge in [-0.25, -0.2) is 0 Å². The average Bonchev–Trinajstić information content (AvgIpc) is 2.26. The minimum absolute atomic E-state index is 0.0822. The Kier molecular flexibility index (Phi) is 5.47. The highest BCUT2D eigenvalue weighted by Crippen LogP contribution is 2.24. The molecule has 4 nitrogen and oxygen atoms in total. The van der Waals surface area contributed by atoms with E-state index in [9.17, 15) is 18.0 Å². The van der Waals surface area contributed by atoms with Crippen molar-refractivity contribution in [1.82, 2.24) is 0 Å². The third kappa shape index (κ3) is 7.17. The second-order valence-electron chi connectivity index (χ2n) is 3.85. The van der Waals surface area contributed by atoms with Gasteiger partial charge in [-0.2, -0.15) is 0 Å². The molecule has 0 aliphatic rings. The van der Waals surface area contributed by atoms with E-state index in [2.05, 4.69) is 10.1 Å². The zero-order valence-corrected chi connectivity index (χ0v) is 10.0. The first kappa shape index (κ1) is 15.1. The summed E-state index contributed by atoms with van der Waals surface area (Å²) >= 11 is 0. The van der Waals surface area contributed by atoms with Crippen LogP contribution >= 0.6 is 0 Å². The zero-order valence-electron chi connectivity index (χ0n) is 10.0. The lowest BCUT2D eigenvalue weighted by Gasteiger charge is -2.11. The number of unbranched alkanes of at least 4 members (excludes halogenated alkanes) is 1. The van der Waals surface area contributed by atoms with Crippen molar-refractivity contribution in [2.24, 2.45) is 0 Å². The van der Waals surface area contributed by atoms with E-state index in [1.54, 1.807) is 6.07 Å². The van der Waals surface area contributed by atoms with E-state index in [1.807, 2.05) is 0 Å². The van der Waals surface area contributed by atoms with Gasteiger partial charge in [0.05, 0.1) is 0 Å². The van der Waals surface area contributed by atoms with Crippen molar-refractivity contribution in [2.75, 3.05) is 11.9 Å². The number of halogens is 3. The van der Waals surface area contributed by atoms with Gasteiger partial charge >= 0.3 is 12.3 Å². The topological polar surface area (TPSA) is 58.6 Å². The molecular formula is C12H14F3NO3. The number of carboxylic acid groups (broad SMARTS) is 1. The van der Waals surface area contributed by atoms with Crippen LogP contribution in [0.4, 0.5) is 18.9 Å². The first-order valence-electron chi connectivity index (χ1n) is 5.68. The monoisotopic (exact) mass is 277 g/mol. The van der Waals surface area contributed by atoms with Gasteiger partial charge in [0.2, 0.25) is 0 Å². The number of ether oxygens (including phenoxy) is 1. The largest absolute Gasteiger partial charge is 0.573 e. The highest BCUT2D eigenvalue weighted by molar-refractivity contribution is 5.66. The van der Waals surface area contributed by atoms with Gasteiger partial charge in [0.15, 0.2) is 0 Å². The number of hydrogen-bond donors (Lipinski definition) is 2. The molecule has 0 radical (unpaired) electrons. The summed E-state index contributed by atoms with van der Waals surface area (Å²) in [4.78, 5) is 10.3. The fraction of sp³-hybridized carbons (Fsp3) is 0.417. The summed E-state index contributed by atoms with van der Waals surface area (Å²) in [6, 6.07) is 5.51. The van der Waals surface area contributed by atoms with E-state index in [-0.39, 0.29) is 12.2 Å². The minimum atomic E-state index is -4.71. The number of carboxylic acids is 1. The molecule has 0 amide bonds. The van der Waals surface area contributed by atoms with E-state index in [4.69, 9.17) is 5.11 Å². The minimum Gasteiger partial charge on any atom is -0.481 e. The molecule has 1 aromatic carbocycles. The fourth-order valence-electron chi connectivity index (χ4n) is 1.44. The quantitative estimate of drug-likeness (QED) is 0.751. The average molecular weight is 277 g/mol. The Hall–Kier alpha value is -1.92. The zero-order chi connectivity index (χ0) is 14.3. The summed E-state index contributed by atoms with van der Waals surface area (Å²) in [7, 11) is 0. The molecule has 0 unspecified atom stereocenters. The molecular weight excluding hydrogens is 263 g/mol. The van der Waals surface area contributed by atoms with E-state index < -0.39 is 12.3 Å². The second kappa shape index (κ2) is 6.86. The lowest BCUT2D eigenvalue weighted by molar-refractivity contribution is -0.274. The summed E-state index contributed by atoms with van der Waals surface area (Å²) in [5.41, 5.74) is 0.497. The molecule has 2 N–H and O–H groups in total. The molecule has 106 valence electrons. The van der Waals surface area contributed by atoms with Gasteiger partial charge in [0.1, 0.15) is 5.75 Å². The smallest absolute Gasteiger partial charge is 0.481 e. The Balaban J connectivity index is 2.38. The standard InChI is InChI=1S/C12H14F3NO3/c13-12(14,15)19-10-5-3-4-9(8-10)16-7-2-1-6-11(17)18/h3-5,8,16H,1-2,6-7H2,(H,17,18). The van der Waals surface area contributed by atoms with Crippen molar-refractivity contribution in [3.8, 4) is 5.75 Å². The number of hydrogen-bond acceptors (Lipinski definition) is 3. The molecule has 0 saturated carbocycles. The molecule has 1 rings (SSSR count). The summed E-state index contributed by atoms with van der Waals surface area (Å²) in [5.74, 6) is -1.15. The highest BCUT2D eigenvalue weighted by atomic mass is 19.4. The van der Waals surface area contributed by atoms with E-state index in [0.29, 0.717) is 25.1 Å². The number of carbonyl (C=O) groups is 1. The Morgan fingerprint density at radius 3 is 2.68 bits per heavy atom. The lowest BCUT2D eigenvalue weighted by Crippen LogP contribution is -2.17. The highest BCUT2D eigenvalue weighted by Gasteiger charge is 2.31. The van der Waals surface area contributed by atoms with Crippen LogP contribution < -0.4 is 10.1 Å². The normalized spacial score (nSPS) is 11.1. The number of benzene rings is 1. The predicted molar refractivity (Wildman–Crippen MR) is 63.1 cm³/mol. The van der Waals surface area contributed by atoms with Gasteiger partial charge in [-0.15, -0.1) is 13.2 Å². The van der Waals surface area contributed by atoms with Gasteiger partial charge in [-0.1, -0.05) is 6.07 Å². The fourth-order valence-corrected chi connectivity index (χ4v) is 1.44. The Labute approximate surface area is 108 Å². The molecule has 0 heterocycles. The molecule has 0 fully saturated rings. The molecule has 19 heavy (non-hydrogen) atoms. The van der Waals surface area contributed by atoms with Crippen LogP contribution in [-0.2, 0) is 4.79 Å². The predicted octanol–water partition coefficient (Wildman–Crippen LogP) is 3.25. The summed E-state index contributed by atoms with van der Waals surface area (Å²) in [5, 5.41) is 11.3. The molecule has 0 atom stereocenters. The Morgan fingerprint density at radius 1 is 1.32 bits per heavy atom. The van der Waals surface area contributed by atoms with Gasteiger partial charge in [-0.05, 0) is 25.0 Å². The van der Waals surface area contributed by atoms with Crippen LogP contribution in [0.15, 0.2) is 24.3 Å². The molecule has 7 heteroatoms. The summed E-state index contributed by atoms with van der Waals surface area (Å²) < 4.78 is 39.8. The van der Waals surface area contributed by atoms with Gasteiger partial charge in [0, 0.05) is 24.7 Å². The molecule has 0 saturated heterocycles. The lowest BCUT2D eigenvalue weighted by atomic mass is 10.2. The summed E-state index contributed by atoms with van der Waals surface area (Å²) in [6.07, 6.45) is -3.49. The SMILES string of the molecule is O=C(O)CCCCNc1cccc(OC(F)(F)F)c1. The van der Waals surface area contributed by atoms with E-state index in [0.717, 1.165) is 0 Å². The molecule has 0 aliphatic carbocycles. The van der Waals surface area contributed by atoms with Crippen LogP contribution in [0.2, 0.25) is 0 Å². The van der Waals surface area contributed by atoms with Crippen molar-refractivity contribution in [3.63, 3.8) is 0 Å². The van der Waals surface area contributed by atoms with Gasteiger partial charge < -0.3 is 15.2 Å². The van der Waals surface area contributed by atoms with Crippen LogP contribution in [0.25, 0.3) is 0 Å². The third-order valence-electron chi connectivity index (χ3n) is 2.21. The molecule has 0 aliphatic heterocycles. The number of alkyl halides is 3. The molecule has 0 spiro atoms. The number of nitrogens with one attached hydrogen (secondary N) is 1. The maximum absolute atomic E-state index is 12.0. The van der Waals surface area contributed by atoms with Crippen LogP contribution in [0.5, 0.6) is 5.75 Å². The number of anilines is 1. The first-order chi connectivity index (χ1) is 8.87. The van der Waals surface area contributed by atoms with Crippen LogP contribution in [0, 0.1) is 0 Å². The molecule has 1 aromatic rings. The van der Waals surface area contributed by atoms with Crippen LogP contribution in [0.3, 0.4) is 0 Å². The number of aliphatic carboxylic acids is 1. The van der Waals surface area contributed by atoms with E-state index >= 15 is 0 Å². The van der Waals surface area contributed by atoms with Crippen molar-refractivity contribution in [3.05, 3.63) is 24.3 Å². The van der Waals surface area contributed by atoms with Crippen molar-refractivity contribution < 1.29 is 27.8 Å². The maximum atomic E-state index is 12.0. The van der Waals surface area contributed by atoms with Crippen molar-refractivity contribution >= 4 is 11.7 Å². The van der Waals surface area contributed by atoms with Crippen LogP contribution in [-0.4, -0.2) is 24.0 Å². The van der Waals surface area contributed by atoms with E-state index in [1.165, 1.54) is 18.2 Å². The Bertz CT molecular complexity index is 421. The Morgan fingerprint density at radius 2 is 2.05 bits per heavy atom. The molecule has 0 bridgehead atoms. The second-order valence-corrected chi connectivity index (χ2v) is 3.85. The maximum Gasteiger partial charge on any atom is 0.573 e. The van der Waals surface area contributed by atoms with Crippen LogP contribution in [0.1, 0.15) is 19.3 Å². The van der Waals surface area contributed by atoms with Gasteiger partial charge in [0.25, 0.3) is 0 Å². The molecule has 0 aromatic heterocycles.